The van der Waals surface area contributed by atoms with Crippen molar-refractivity contribution < 1.29 is 0 Å². The topological polar surface area (TPSA) is 29.3 Å². The van der Waals surface area contributed by atoms with Gasteiger partial charge in [0.2, 0.25) is 0 Å². The number of nitrogens with zero attached hydrogens (tertiary/aromatic N) is 1. The number of hydrogen-bond acceptors (Lipinski definition) is 2. The second kappa shape index (κ2) is 4.46. The number of benzene rings is 1. The summed E-state index contributed by atoms with van der Waals surface area (Å²) in [6.45, 7) is 4.09. The molecule has 1 saturated carbocycles. The highest BCUT2D eigenvalue weighted by Gasteiger charge is 2.40. The van der Waals surface area contributed by atoms with E-state index < -0.39 is 0 Å². The minimum Gasteiger partial charge on any atom is -0.375 e. The molecule has 1 aromatic rings. The van der Waals surface area contributed by atoms with Gasteiger partial charge in [-0.25, -0.2) is 0 Å². The van der Waals surface area contributed by atoms with Gasteiger partial charge >= 0.3 is 0 Å². The van der Waals surface area contributed by atoms with E-state index >= 15 is 0 Å². The van der Waals surface area contributed by atoms with Crippen molar-refractivity contribution in [3.8, 4) is 0 Å². The van der Waals surface area contributed by atoms with Crippen molar-refractivity contribution in [2.24, 2.45) is 11.1 Å². The Balaban J connectivity index is 1.88. The Hall–Kier alpha value is -1.02. The van der Waals surface area contributed by atoms with Gasteiger partial charge in [0.05, 0.1) is 0 Å². The molecule has 0 radical (unpaired) electrons. The molecular weight excluding hydrogens is 196 g/mol. The summed E-state index contributed by atoms with van der Waals surface area (Å²) in [6.07, 6.45) is 3.88. The zero-order chi connectivity index (χ0) is 11.6. The summed E-state index contributed by atoms with van der Waals surface area (Å²) in [5.74, 6) is 0. The van der Waals surface area contributed by atoms with Gasteiger partial charge < -0.3 is 10.6 Å². The van der Waals surface area contributed by atoms with Crippen molar-refractivity contribution in [1.82, 2.24) is 0 Å². The highest BCUT2D eigenvalue weighted by molar-refractivity contribution is 5.46. The minimum atomic E-state index is 0.485. The zero-order valence-electron chi connectivity index (χ0n) is 10.4. The van der Waals surface area contributed by atoms with Gasteiger partial charge in [0, 0.05) is 19.3 Å². The first-order valence-electron chi connectivity index (χ1n) is 6.13. The second-order valence-electron chi connectivity index (χ2n) is 5.21. The van der Waals surface area contributed by atoms with Crippen molar-refractivity contribution in [2.75, 3.05) is 25.0 Å². The molecule has 2 nitrogen and oxygen atoms in total. The van der Waals surface area contributed by atoms with Crippen LogP contribution in [0.5, 0.6) is 0 Å². The van der Waals surface area contributed by atoms with Gasteiger partial charge in [-0.2, -0.15) is 0 Å². The molecule has 0 spiro atoms. The van der Waals surface area contributed by atoms with Crippen LogP contribution in [-0.2, 0) is 0 Å². The maximum absolute atomic E-state index is 5.80. The summed E-state index contributed by atoms with van der Waals surface area (Å²) in [5, 5.41) is 0. The Bertz CT molecular complexity index is 338. The lowest BCUT2D eigenvalue weighted by molar-refractivity contribution is 0.481. The predicted octanol–water partition coefficient (Wildman–Crippen LogP) is 2.56. The Morgan fingerprint density at radius 1 is 1.25 bits per heavy atom. The maximum atomic E-state index is 5.80. The van der Waals surface area contributed by atoms with Crippen LogP contribution in [0.4, 0.5) is 5.69 Å². The summed E-state index contributed by atoms with van der Waals surface area (Å²) in [6, 6.07) is 8.72. The second-order valence-corrected chi connectivity index (χ2v) is 5.21. The van der Waals surface area contributed by atoms with Crippen LogP contribution in [0.3, 0.4) is 0 Å². The van der Waals surface area contributed by atoms with Gasteiger partial charge in [-0.1, -0.05) is 17.7 Å². The molecule has 2 N–H and O–H groups in total. The molecule has 0 heterocycles. The molecule has 1 aliphatic carbocycles. The number of rotatable bonds is 5. The molecule has 0 saturated heterocycles. The maximum Gasteiger partial charge on any atom is 0.0363 e. The lowest BCUT2D eigenvalue weighted by Gasteiger charge is -2.22. The molecule has 0 amide bonds. The van der Waals surface area contributed by atoms with Crippen LogP contribution in [0.1, 0.15) is 24.8 Å². The van der Waals surface area contributed by atoms with E-state index in [9.17, 15) is 0 Å². The van der Waals surface area contributed by atoms with Crippen LogP contribution in [0, 0.1) is 12.3 Å². The molecule has 0 unspecified atom stereocenters. The van der Waals surface area contributed by atoms with Gasteiger partial charge in [-0.05, 0) is 50.3 Å². The van der Waals surface area contributed by atoms with Gasteiger partial charge in [-0.15, -0.1) is 0 Å². The largest absolute Gasteiger partial charge is 0.375 e. The number of anilines is 1. The van der Waals surface area contributed by atoms with E-state index in [1.54, 1.807) is 0 Å². The monoisotopic (exact) mass is 218 g/mol. The highest BCUT2D eigenvalue weighted by Crippen LogP contribution is 2.47. The lowest BCUT2D eigenvalue weighted by Crippen LogP contribution is -2.25. The van der Waals surface area contributed by atoms with Gasteiger partial charge in [0.1, 0.15) is 0 Å². The van der Waals surface area contributed by atoms with Crippen molar-refractivity contribution in [1.29, 1.82) is 0 Å². The van der Waals surface area contributed by atoms with Gasteiger partial charge in [0.25, 0.3) is 0 Å². The number of aryl methyl sites for hydroxylation is 1. The molecule has 2 heteroatoms. The fourth-order valence-corrected chi connectivity index (χ4v) is 2.07. The molecule has 0 bridgehead atoms. The number of nitrogens with two attached hydrogens (primary N) is 1. The first-order valence-corrected chi connectivity index (χ1v) is 6.13. The Labute approximate surface area is 98.4 Å². The highest BCUT2D eigenvalue weighted by atomic mass is 15.1. The van der Waals surface area contributed by atoms with E-state index in [4.69, 9.17) is 5.73 Å². The van der Waals surface area contributed by atoms with Crippen LogP contribution in [0.2, 0.25) is 0 Å². The van der Waals surface area contributed by atoms with Crippen molar-refractivity contribution in [3.05, 3.63) is 29.8 Å². The fraction of sp³-hybridized carbons (Fsp3) is 0.571. The van der Waals surface area contributed by atoms with Crippen LogP contribution < -0.4 is 10.6 Å². The van der Waals surface area contributed by atoms with E-state index in [1.807, 2.05) is 0 Å². The van der Waals surface area contributed by atoms with E-state index in [2.05, 4.69) is 43.1 Å². The first kappa shape index (κ1) is 11.5. The number of hydrogen-bond donors (Lipinski definition) is 1. The summed E-state index contributed by atoms with van der Waals surface area (Å²) in [7, 11) is 2.16. The minimum absolute atomic E-state index is 0.485. The lowest BCUT2D eigenvalue weighted by atomic mass is 10.0. The molecule has 0 aromatic heterocycles. The predicted molar refractivity (Wildman–Crippen MR) is 69.8 cm³/mol. The molecule has 0 atom stereocenters. The normalized spacial score (nSPS) is 17.2. The van der Waals surface area contributed by atoms with E-state index in [-0.39, 0.29) is 0 Å². The Morgan fingerprint density at radius 3 is 2.38 bits per heavy atom. The SMILES string of the molecule is Cc1ccc(N(C)CCC2(CN)CC2)cc1. The van der Waals surface area contributed by atoms with Crippen LogP contribution in [-0.4, -0.2) is 20.1 Å². The van der Waals surface area contributed by atoms with E-state index in [0.717, 1.165) is 13.1 Å². The standard InChI is InChI=1S/C14H22N2/c1-12-3-5-13(6-4-12)16(2)10-9-14(11-15)7-8-14/h3-6H,7-11,15H2,1-2H3. The first-order chi connectivity index (χ1) is 7.65. The average molecular weight is 218 g/mol. The summed E-state index contributed by atoms with van der Waals surface area (Å²) in [4.78, 5) is 2.33. The quantitative estimate of drug-likeness (QED) is 0.823. The van der Waals surface area contributed by atoms with E-state index in [0.29, 0.717) is 5.41 Å². The van der Waals surface area contributed by atoms with Crippen molar-refractivity contribution >= 4 is 5.69 Å². The molecule has 1 aliphatic rings. The zero-order valence-corrected chi connectivity index (χ0v) is 10.4. The third-order valence-electron chi connectivity index (χ3n) is 3.84. The van der Waals surface area contributed by atoms with Crippen LogP contribution in [0.25, 0.3) is 0 Å². The summed E-state index contributed by atoms with van der Waals surface area (Å²) < 4.78 is 0. The van der Waals surface area contributed by atoms with Crippen LogP contribution >= 0.6 is 0 Å². The molecular formula is C14H22N2. The summed E-state index contributed by atoms with van der Waals surface area (Å²) >= 11 is 0. The molecule has 1 aromatic carbocycles. The third-order valence-corrected chi connectivity index (χ3v) is 3.84. The smallest absolute Gasteiger partial charge is 0.0363 e. The Kier molecular flexibility index (Phi) is 3.20. The third kappa shape index (κ3) is 2.56. The molecule has 1 fully saturated rings. The fourth-order valence-electron chi connectivity index (χ4n) is 2.07. The average Bonchev–Trinajstić information content (AvgIpc) is 3.08. The molecule has 88 valence electrons. The molecule has 2 rings (SSSR count). The molecule has 16 heavy (non-hydrogen) atoms. The van der Waals surface area contributed by atoms with Gasteiger partial charge in [-0.3, -0.25) is 0 Å². The van der Waals surface area contributed by atoms with Crippen molar-refractivity contribution in [2.45, 2.75) is 26.2 Å². The summed E-state index contributed by atoms with van der Waals surface area (Å²) in [5.41, 5.74) is 8.90. The Morgan fingerprint density at radius 2 is 1.88 bits per heavy atom. The van der Waals surface area contributed by atoms with Crippen LogP contribution in [0.15, 0.2) is 24.3 Å². The van der Waals surface area contributed by atoms with E-state index in [1.165, 1.54) is 30.5 Å². The van der Waals surface area contributed by atoms with Gasteiger partial charge in [0.15, 0.2) is 0 Å². The molecule has 0 aliphatic heterocycles. The van der Waals surface area contributed by atoms with Crippen molar-refractivity contribution in [3.63, 3.8) is 0 Å².